The number of hydrogen-bond donors (Lipinski definition) is 0. The van der Waals surface area contributed by atoms with E-state index in [-0.39, 0.29) is 5.41 Å². The standard InChI is InChI=1S/C26H27N/c1-4-18-11-13-21-22-14-12-20(17-24(22)26(2,3)23(21)16-18)27-15-7-9-19-8-5-6-10-25(19)27/h4-6,8,10-14,17,23H,1,7,9,15-16H2,2-3H3. The minimum atomic E-state index is 0.148. The minimum absolute atomic E-state index is 0.148. The van der Waals surface area contributed by atoms with Gasteiger partial charge >= 0.3 is 0 Å². The highest BCUT2D eigenvalue weighted by Gasteiger charge is 2.43. The highest BCUT2D eigenvalue weighted by molar-refractivity contribution is 5.82. The summed E-state index contributed by atoms with van der Waals surface area (Å²) in [5.74, 6) is 0.550. The zero-order valence-corrected chi connectivity index (χ0v) is 16.3. The molecule has 0 amide bonds. The lowest BCUT2D eigenvalue weighted by Crippen LogP contribution is -2.26. The van der Waals surface area contributed by atoms with Crippen LogP contribution in [0.2, 0.25) is 0 Å². The van der Waals surface area contributed by atoms with Crippen LogP contribution in [-0.2, 0) is 11.8 Å². The van der Waals surface area contributed by atoms with Crippen LogP contribution in [0.1, 0.15) is 43.4 Å². The van der Waals surface area contributed by atoms with Crippen LogP contribution in [-0.4, -0.2) is 6.54 Å². The lowest BCUT2D eigenvalue weighted by Gasteiger charge is -2.33. The largest absolute Gasteiger partial charge is 0.341 e. The average Bonchev–Trinajstić information content (AvgIpc) is 2.94. The molecule has 0 N–H and O–H groups in total. The number of fused-ring (bicyclic) bond motifs is 4. The SMILES string of the molecule is C=CC1=CC=C2c3ccc(N4CCCc5ccccc54)cc3C(C)(C)C2C1. The van der Waals surface area contributed by atoms with Gasteiger partial charge in [-0.3, -0.25) is 0 Å². The molecule has 0 saturated carbocycles. The van der Waals surface area contributed by atoms with Crippen molar-refractivity contribution in [3.8, 4) is 0 Å². The van der Waals surface area contributed by atoms with Crippen LogP contribution in [0.5, 0.6) is 0 Å². The van der Waals surface area contributed by atoms with Gasteiger partial charge < -0.3 is 4.90 Å². The van der Waals surface area contributed by atoms with Crippen molar-refractivity contribution >= 4 is 16.9 Å². The van der Waals surface area contributed by atoms with Crippen molar-refractivity contribution in [2.45, 2.75) is 38.5 Å². The molecule has 2 aliphatic carbocycles. The van der Waals surface area contributed by atoms with Gasteiger partial charge in [-0.05, 0) is 76.6 Å². The molecule has 0 saturated heterocycles. The van der Waals surface area contributed by atoms with Crippen molar-refractivity contribution in [2.75, 3.05) is 11.4 Å². The van der Waals surface area contributed by atoms with E-state index in [0.29, 0.717) is 5.92 Å². The van der Waals surface area contributed by atoms with Gasteiger partial charge in [0, 0.05) is 17.9 Å². The molecule has 136 valence electrons. The molecule has 5 rings (SSSR count). The molecule has 1 unspecified atom stereocenters. The Morgan fingerprint density at radius 2 is 1.96 bits per heavy atom. The van der Waals surface area contributed by atoms with Crippen LogP contribution < -0.4 is 4.90 Å². The third-order valence-electron chi connectivity index (χ3n) is 6.86. The summed E-state index contributed by atoms with van der Waals surface area (Å²) in [6.07, 6.45) is 10.1. The summed E-state index contributed by atoms with van der Waals surface area (Å²) in [6.45, 7) is 9.92. The third kappa shape index (κ3) is 2.45. The van der Waals surface area contributed by atoms with E-state index in [1.165, 1.54) is 52.1 Å². The predicted octanol–water partition coefficient (Wildman–Crippen LogP) is 6.58. The molecule has 0 radical (unpaired) electrons. The Morgan fingerprint density at radius 3 is 2.81 bits per heavy atom. The summed E-state index contributed by atoms with van der Waals surface area (Å²) in [5, 5.41) is 0. The van der Waals surface area contributed by atoms with Gasteiger partial charge in [0.15, 0.2) is 0 Å². The zero-order valence-electron chi connectivity index (χ0n) is 16.3. The van der Waals surface area contributed by atoms with Crippen molar-refractivity contribution < 1.29 is 0 Å². The molecule has 1 aliphatic heterocycles. The summed E-state index contributed by atoms with van der Waals surface area (Å²) in [7, 11) is 0. The summed E-state index contributed by atoms with van der Waals surface area (Å²) < 4.78 is 0. The second-order valence-corrected chi connectivity index (χ2v) is 8.66. The molecule has 0 bridgehead atoms. The van der Waals surface area contributed by atoms with E-state index in [1.54, 1.807) is 0 Å². The van der Waals surface area contributed by atoms with E-state index in [0.717, 1.165) is 13.0 Å². The van der Waals surface area contributed by atoms with Gasteiger partial charge in [-0.15, -0.1) is 0 Å². The number of para-hydroxylation sites is 1. The maximum absolute atomic E-state index is 3.99. The van der Waals surface area contributed by atoms with Gasteiger partial charge in [0.2, 0.25) is 0 Å². The number of allylic oxidation sites excluding steroid dienone is 5. The fourth-order valence-electron chi connectivity index (χ4n) is 5.27. The van der Waals surface area contributed by atoms with Crippen molar-refractivity contribution in [3.05, 3.63) is 89.5 Å². The monoisotopic (exact) mass is 353 g/mol. The number of hydrogen-bond acceptors (Lipinski definition) is 1. The molecule has 27 heavy (non-hydrogen) atoms. The first-order chi connectivity index (χ1) is 13.1. The second kappa shape index (κ2) is 5.99. The Morgan fingerprint density at radius 1 is 1.11 bits per heavy atom. The molecule has 0 fully saturated rings. The normalized spacial score (nSPS) is 22.3. The van der Waals surface area contributed by atoms with E-state index in [4.69, 9.17) is 0 Å². The quantitative estimate of drug-likeness (QED) is 0.589. The van der Waals surface area contributed by atoms with Gasteiger partial charge in [-0.2, -0.15) is 0 Å². The molecule has 2 aromatic carbocycles. The van der Waals surface area contributed by atoms with Gasteiger partial charge in [-0.1, -0.05) is 62.9 Å². The summed E-state index contributed by atoms with van der Waals surface area (Å²) in [5.41, 5.74) is 10.1. The molecular formula is C26H27N. The number of anilines is 2. The van der Waals surface area contributed by atoms with Crippen LogP contribution in [0.25, 0.3) is 5.57 Å². The van der Waals surface area contributed by atoms with Gasteiger partial charge in [-0.25, -0.2) is 0 Å². The van der Waals surface area contributed by atoms with Crippen LogP contribution in [0, 0.1) is 5.92 Å². The number of benzene rings is 2. The van der Waals surface area contributed by atoms with E-state index in [9.17, 15) is 0 Å². The molecule has 0 spiro atoms. The Labute approximate surface area is 162 Å². The molecule has 1 heteroatoms. The summed E-state index contributed by atoms with van der Waals surface area (Å²) in [4.78, 5) is 2.51. The highest BCUT2D eigenvalue weighted by atomic mass is 15.1. The number of nitrogens with zero attached hydrogens (tertiary/aromatic N) is 1. The van der Waals surface area contributed by atoms with Crippen LogP contribution in [0.4, 0.5) is 11.4 Å². The number of aryl methyl sites for hydroxylation is 1. The molecule has 1 atom stereocenters. The molecular weight excluding hydrogens is 326 g/mol. The third-order valence-corrected chi connectivity index (χ3v) is 6.86. The van der Waals surface area contributed by atoms with E-state index in [1.807, 2.05) is 6.08 Å². The van der Waals surface area contributed by atoms with Gasteiger partial charge in [0.1, 0.15) is 0 Å². The van der Waals surface area contributed by atoms with Gasteiger partial charge in [0.25, 0.3) is 0 Å². The maximum Gasteiger partial charge on any atom is 0.0443 e. The first-order valence-corrected chi connectivity index (χ1v) is 10.1. The van der Waals surface area contributed by atoms with Crippen molar-refractivity contribution in [1.82, 2.24) is 0 Å². The van der Waals surface area contributed by atoms with Crippen LogP contribution in [0.3, 0.4) is 0 Å². The molecule has 1 nitrogen and oxygen atoms in total. The highest BCUT2D eigenvalue weighted by Crippen LogP contribution is 2.54. The lowest BCUT2D eigenvalue weighted by molar-refractivity contribution is 0.410. The predicted molar refractivity (Wildman–Crippen MR) is 116 cm³/mol. The average molecular weight is 354 g/mol. The molecule has 0 aromatic heterocycles. The number of rotatable bonds is 2. The second-order valence-electron chi connectivity index (χ2n) is 8.66. The minimum Gasteiger partial charge on any atom is -0.341 e. The Balaban J connectivity index is 1.60. The fraction of sp³-hybridized carbons (Fsp3) is 0.308. The maximum atomic E-state index is 3.99. The van der Waals surface area contributed by atoms with E-state index < -0.39 is 0 Å². The van der Waals surface area contributed by atoms with Crippen molar-refractivity contribution in [1.29, 1.82) is 0 Å². The summed E-state index contributed by atoms with van der Waals surface area (Å²) >= 11 is 0. The fourth-order valence-corrected chi connectivity index (χ4v) is 5.27. The topological polar surface area (TPSA) is 3.24 Å². The van der Waals surface area contributed by atoms with E-state index >= 15 is 0 Å². The van der Waals surface area contributed by atoms with Crippen LogP contribution >= 0.6 is 0 Å². The molecule has 1 heterocycles. The zero-order chi connectivity index (χ0) is 18.6. The van der Waals surface area contributed by atoms with Crippen LogP contribution in [0.15, 0.2) is 72.8 Å². The summed E-state index contributed by atoms with van der Waals surface area (Å²) in [6, 6.07) is 16.0. The lowest BCUT2D eigenvalue weighted by atomic mass is 9.73. The molecule has 2 aromatic rings. The Kier molecular flexibility index (Phi) is 3.69. The Hall–Kier alpha value is -2.54. The first-order valence-electron chi connectivity index (χ1n) is 10.1. The first kappa shape index (κ1) is 16.6. The Bertz CT molecular complexity index is 989. The van der Waals surface area contributed by atoms with Gasteiger partial charge in [0.05, 0.1) is 0 Å². The molecule has 3 aliphatic rings. The van der Waals surface area contributed by atoms with Crippen molar-refractivity contribution in [2.24, 2.45) is 5.92 Å². The van der Waals surface area contributed by atoms with Crippen molar-refractivity contribution in [3.63, 3.8) is 0 Å². The van der Waals surface area contributed by atoms with E-state index in [2.05, 4.69) is 79.9 Å². The smallest absolute Gasteiger partial charge is 0.0443 e.